The Bertz CT molecular complexity index is 636. The fourth-order valence-corrected chi connectivity index (χ4v) is 3.50. The molecule has 24 heavy (non-hydrogen) atoms. The van der Waals surface area contributed by atoms with Crippen molar-refractivity contribution in [3.8, 4) is 5.75 Å². The van der Waals surface area contributed by atoms with E-state index in [0.29, 0.717) is 0 Å². The number of ether oxygens (including phenoxy) is 1. The number of rotatable bonds is 6. The highest BCUT2D eigenvalue weighted by Crippen LogP contribution is 2.19. The minimum absolute atomic E-state index is 0.721. The van der Waals surface area contributed by atoms with Gasteiger partial charge in [-0.15, -0.1) is 0 Å². The standard InChI is InChI=1S/C20H25BrN2O/c1-2-24-19-9-7-17(8-10-19)15-22-11-13-23(14-12-22)16-18-5-3-4-6-20(18)21/h3-10H,2,11-16H2,1H3. The third-order valence-electron chi connectivity index (χ3n) is 4.46. The van der Waals surface area contributed by atoms with Gasteiger partial charge in [-0.3, -0.25) is 9.80 Å². The largest absolute Gasteiger partial charge is 0.494 e. The number of halogens is 1. The maximum absolute atomic E-state index is 5.51. The molecule has 0 radical (unpaired) electrons. The summed E-state index contributed by atoms with van der Waals surface area (Å²) in [6.07, 6.45) is 0. The van der Waals surface area contributed by atoms with Crippen LogP contribution >= 0.6 is 15.9 Å². The van der Waals surface area contributed by atoms with E-state index < -0.39 is 0 Å². The average molecular weight is 389 g/mol. The van der Waals surface area contributed by atoms with Crippen LogP contribution in [0.1, 0.15) is 18.1 Å². The van der Waals surface area contributed by atoms with Crippen molar-refractivity contribution in [1.29, 1.82) is 0 Å². The van der Waals surface area contributed by atoms with Crippen LogP contribution in [0.2, 0.25) is 0 Å². The highest BCUT2D eigenvalue weighted by atomic mass is 79.9. The summed E-state index contributed by atoms with van der Waals surface area (Å²) in [6.45, 7) is 9.28. The van der Waals surface area contributed by atoms with E-state index in [1.807, 2.05) is 6.92 Å². The number of hydrogen-bond acceptors (Lipinski definition) is 3. The first-order valence-electron chi connectivity index (χ1n) is 8.64. The Morgan fingerprint density at radius 1 is 0.875 bits per heavy atom. The lowest BCUT2D eigenvalue weighted by Gasteiger charge is -2.35. The molecule has 1 fully saturated rings. The molecule has 0 unspecified atom stereocenters. The fraction of sp³-hybridized carbons (Fsp3) is 0.400. The second-order valence-electron chi connectivity index (χ2n) is 6.22. The number of nitrogens with zero attached hydrogens (tertiary/aromatic N) is 2. The Morgan fingerprint density at radius 3 is 2.12 bits per heavy atom. The zero-order valence-electron chi connectivity index (χ0n) is 14.2. The Balaban J connectivity index is 1.47. The molecular formula is C20H25BrN2O. The molecule has 0 bridgehead atoms. The van der Waals surface area contributed by atoms with Crippen molar-refractivity contribution >= 4 is 15.9 Å². The molecule has 0 spiro atoms. The third kappa shape index (κ3) is 4.82. The van der Waals surface area contributed by atoms with Gasteiger partial charge in [0.25, 0.3) is 0 Å². The van der Waals surface area contributed by atoms with E-state index in [1.54, 1.807) is 0 Å². The Labute approximate surface area is 153 Å². The van der Waals surface area contributed by atoms with Crippen molar-refractivity contribution in [1.82, 2.24) is 9.80 Å². The van der Waals surface area contributed by atoms with Crippen molar-refractivity contribution in [3.05, 3.63) is 64.1 Å². The lowest BCUT2D eigenvalue weighted by Crippen LogP contribution is -2.45. The SMILES string of the molecule is CCOc1ccc(CN2CCN(Cc3ccccc3Br)CC2)cc1. The minimum Gasteiger partial charge on any atom is -0.494 e. The van der Waals surface area contributed by atoms with Gasteiger partial charge in [-0.05, 0) is 36.2 Å². The summed E-state index contributed by atoms with van der Waals surface area (Å²) in [4.78, 5) is 5.07. The molecule has 0 atom stereocenters. The summed E-state index contributed by atoms with van der Waals surface area (Å²) in [6, 6.07) is 17.0. The van der Waals surface area contributed by atoms with Crippen molar-refractivity contribution in [2.24, 2.45) is 0 Å². The highest BCUT2D eigenvalue weighted by molar-refractivity contribution is 9.10. The molecule has 0 saturated carbocycles. The van der Waals surface area contributed by atoms with Crippen LogP contribution in [0.5, 0.6) is 5.75 Å². The van der Waals surface area contributed by atoms with Gasteiger partial charge in [0.1, 0.15) is 5.75 Å². The molecule has 128 valence electrons. The molecule has 1 aliphatic rings. The lowest BCUT2D eigenvalue weighted by molar-refractivity contribution is 0.122. The zero-order valence-corrected chi connectivity index (χ0v) is 15.8. The molecule has 1 saturated heterocycles. The van der Waals surface area contributed by atoms with Crippen molar-refractivity contribution in [3.63, 3.8) is 0 Å². The Kier molecular flexibility index (Phi) is 6.30. The van der Waals surface area contributed by atoms with Crippen LogP contribution in [0.15, 0.2) is 53.0 Å². The number of piperazine rings is 1. The second kappa shape index (κ2) is 8.65. The van der Waals surface area contributed by atoms with Crippen LogP contribution in [0, 0.1) is 0 Å². The van der Waals surface area contributed by atoms with Gasteiger partial charge in [0.15, 0.2) is 0 Å². The van der Waals surface area contributed by atoms with Gasteiger partial charge in [0, 0.05) is 43.7 Å². The summed E-state index contributed by atoms with van der Waals surface area (Å²) in [5.74, 6) is 0.958. The predicted octanol–water partition coefficient (Wildman–Crippen LogP) is 4.17. The first kappa shape index (κ1) is 17.5. The van der Waals surface area contributed by atoms with E-state index in [0.717, 1.165) is 51.6 Å². The monoisotopic (exact) mass is 388 g/mol. The molecule has 1 aliphatic heterocycles. The second-order valence-corrected chi connectivity index (χ2v) is 7.08. The average Bonchev–Trinajstić information content (AvgIpc) is 2.61. The molecule has 3 rings (SSSR count). The fourth-order valence-electron chi connectivity index (χ4n) is 3.09. The molecule has 2 aromatic rings. The minimum atomic E-state index is 0.721. The molecule has 2 aromatic carbocycles. The highest BCUT2D eigenvalue weighted by Gasteiger charge is 2.17. The zero-order chi connectivity index (χ0) is 16.8. The molecule has 0 aliphatic carbocycles. The summed E-state index contributed by atoms with van der Waals surface area (Å²) >= 11 is 3.65. The van der Waals surface area contributed by atoms with Crippen molar-refractivity contribution in [2.45, 2.75) is 20.0 Å². The van der Waals surface area contributed by atoms with Gasteiger partial charge in [-0.2, -0.15) is 0 Å². The van der Waals surface area contributed by atoms with Crippen LogP contribution < -0.4 is 4.74 Å². The summed E-state index contributed by atoms with van der Waals surface area (Å²) in [5.41, 5.74) is 2.73. The molecule has 0 aromatic heterocycles. The van der Waals surface area contributed by atoms with E-state index in [2.05, 4.69) is 74.3 Å². The number of hydrogen-bond donors (Lipinski definition) is 0. The Morgan fingerprint density at radius 2 is 1.50 bits per heavy atom. The first-order chi connectivity index (χ1) is 11.7. The summed E-state index contributed by atoms with van der Waals surface area (Å²) in [5, 5.41) is 0. The molecular weight excluding hydrogens is 364 g/mol. The van der Waals surface area contributed by atoms with Gasteiger partial charge in [0.05, 0.1) is 6.61 Å². The molecule has 3 nitrogen and oxygen atoms in total. The van der Waals surface area contributed by atoms with Crippen molar-refractivity contribution < 1.29 is 4.74 Å². The maximum Gasteiger partial charge on any atom is 0.119 e. The quantitative estimate of drug-likeness (QED) is 0.738. The van der Waals surface area contributed by atoms with Crippen LogP contribution in [0.3, 0.4) is 0 Å². The third-order valence-corrected chi connectivity index (χ3v) is 5.23. The molecule has 4 heteroatoms. The Hall–Kier alpha value is -1.36. The molecule has 0 N–H and O–H groups in total. The van der Waals surface area contributed by atoms with E-state index in [9.17, 15) is 0 Å². The van der Waals surface area contributed by atoms with E-state index >= 15 is 0 Å². The van der Waals surface area contributed by atoms with E-state index in [-0.39, 0.29) is 0 Å². The van der Waals surface area contributed by atoms with Crippen LogP contribution in [0.4, 0.5) is 0 Å². The van der Waals surface area contributed by atoms with Gasteiger partial charge < -0.3 is 4.74 Å². The van der Waals surface area contributed by atoms with E-state index in [1.165, 1.54) is 15.6 Å². The van der Waals surface area contributed by atoms with Gasteiger partial charge in [0.2, 0.25) is 0 Å². The van der Waals surface area contributed by atoms with Crippen LogP contribution in [-0.2, 0) is 13.1 Å². The van der Waals surface area contributed by atoms with Crippen LogP contribution in [-0.4, -0.2) is 42.6 Å². The summed E-state index contributed by atoms with van der Waals surface area (Å²) < 4.78 is 6.72. The van der Waals surface area contributed by atoms with E-state index in [4.69, 9.17) is 4.74 Å². The molecule has 0 amide bonds. The summed E-state index contributed by atoms with van der Waals surface area (Å²) in [7, 11) is 0. The van der Waals surface area contributed by atoms with Gasteiger partial charge >= 0.3 is 0 Å². The normalized spacial score (nSPS) is 16.2. The smallest absolute Gasteiger partial charge is 0.119 e. The number of benzene rings is 2. The van der Waals surface area contributed by atoms with Crippen LogP contribution in [0.25, 0.3) is 0 Å². The van der Waals surface area contributed by atoms with Gasteiger partial charge in [-0.25, -0.2) is 0 Å². The molecule has 1 heterocycles. The topological polar surface area (TPSA) is 15.7 Å². The van der Waals surface area contributed by atoms with Crippen molar-refractivity contribution in [2.75, 3.05) is 32.8 Å². The predicted molar refractivity (Wildman–Crippen MR) is 102 cm³/mol. The first-order valence-corrected chi connectivity index (χ1v) is 9.44. The maximum atomic E-state index is 5.51. The lowest BCUT2D eigenvalue weighted by atomic mass is 10.1. The van der Waals surface area contributed by atoms with Gasteiger partial charge in [-0.1, -0.05) is 46.3 Å².